The molecule has 0 atom stereocenters. The van der Waals surface area contributed by atoms with E-state index in [4.69, 9.17) is 0 Å². The van der Waals surface area contributed by atoms with E-state index in [2.05, 4.69) is 0 Å². The summed E-state index contributed by atoms with van der Waals surface area (Å²) in [6.07, 6.45) is 0. The van der Waals surface area contributed by atoms with Crippen molar-refractivity contribution in [1.29, 1.82) is 0 Å². The molecule has 0 saturated heterocycles. The van der Waals surface area contributed by atoms with Crippen LogP contribution in [0.5, 0.6) is 0 Å². The number of likely N-dealkylation sites (N-methyl/N-ethyl adjacent to an activating group) is 1. The Morgan fingerprint density at radius 1 is 0.839 bits per heavy atom. The molecule has 0 saturated carbocycles. The lowest BCUT2D eigenvalue weighted by atomic mass is 9.99. The molecule has 156 valence electrons. The van der Waals surface area contributed by atoms with Gasteiger partial charge in [-0.1, -0.05) is 42.5 Å². The third-order valence-corrected chi connectivity index (χ3v) is 5.58. The normalized spacial score (nSPS) is 13.9. The second-order valence-corrected chi connectivity index (χ2v) is 7.53. The lowest BCUT2D eigenvalue weighted by molar-refractivity contribution is -0.120. The highest BCUT2D eigenvalue weighted by Crippen LogP contribution is 2.37. The van der Waals surface area contributed by atoms with Gasteiger partial charge < -0.3 is 4.90 Å². The Kier molecular flexibility index (Phi) is 5.42. The number of amides is 2. The van der Waals surface area contributed by atoms with Gasteiger partial charge in [-0.2, -0.15) is 0 Å². The third kappa shape index (κ3) is 3.63. The first kappa shape index (κ1) is 20.5. The second kappa shape index (κ2) is 8.19. The fourth-order valence-electron chi connectivity index (χ4n) is 3.85. The first-order valence-corrected chi connectivity index (χ1v) is 10.2. The van der Waals surface area contributed by atoms with Crippen LogP contribution in [0.1, 0.15) is 23.6 Å². The van der Waals surface area contributed by atoms with E-state index >= 15 is 0 Å². The van der Waals surface area contributed by atoms with Gasteiger partial charge in [0.2, 0.25) is 0 Å². The van der Waals surface area contributed by atoms with Gasteiger partial charge in [-0.3, -0.25) is 9.59 Å². The molecule has 3 aromatic rings. The van der Waals surface area contributed by atoms with E-state index in [-0.39, 0.29) is 5.69 Å². The Bertz CT molecular complexity index is 1200. The van der Waals surface area contributed by atoms with Gasteiger partial charge in [0.1, 0.15) is 11.5 Å². The maximum Gasteiger partial charge on any atom is 0.282 e. The molecule has 4 nitrogen and oxygen atoms in total. The zero-order valence-corrected chi connectivity index (χ0v) is 17.7. The molecule has 3 aromatic carbocycles. The second-order valence-electron chi connectivity index (χ2n) is 7.53. The number of anilines is 2. The maximum atomic E-state index is 13.9. The topological polar surface area (TPSA) is 40.6 Å². The summed E-state index contributed by atoms with van der Waals surface area (Å²) >= 11 is 0. The van der Waals surface area contributed by atoms with E-state index in [1.54, 1.807) is 6.07 Å². The van der Waals surface area contributed by atoms with Gasteiger partial charge in [-0.15, -0.1) is 0 Å². The van der Waals surface area contributed by atoms with Crippen LogP contribution in [0.15, 0.2) is 78.5 Å². The minimum absolute atomic E-state index is 0.218. The van der Waals surface area contributed by atoms with E-state index in [0.29, 0.717) is 23.4 Å². The third-order valence-electron chi connectivity index (χ3n) is 5.58. The van der Waals surface area contributed by atoms with E-state index in [0.717, 1.165) is 21.7 Å². The molecule has 0 bridgehead atoms. The summed E-state index contributed by atoms with van der Waals surface area (Å²) < 4.78 is 13.9. The summed E-state index contributed by atoms with van der Waals surface area (Å²) in [7, 11) is 0. The minimum Gasteiger partial charge on any atom is -0.337 e. The number of benzene rings is 3. The number of para-hydroxylation sites is 1. The predicted octanol–water partition coefficient (Wildman–Crippen LogP) is 5.25. The van der Waals surface area contributed by atoms with Gasteiger partial charge in [0.25, 0.3) is 11.8 Å². The summed E-state index contributed by atoms with van der Waals surface area (Å²) in [4.78, 5) is 30.1. The quantitative estimate of drug-likeness (QED) is 0.535. The van der Waals surface area contributed by atoms with Gasteiger partial charge in [0.05, 0.1) is 11.3 Å². The fourth-order valence-corrected chi connectivity index (χ4v) is 3.85. The van der Waals surface area contributed by atoms with Crippen LogP contribution in [-0.2, 0) is 9.59 Å². The highest BCUT2D eigenvalue weighted by Gasteiger charge is 2.42. The number of nitrogens with zero attached hydrogens (tertiary/aromatic N) is 2. The van der Waals surface area contributed by atoms with Crippen molar-refractivity contribution in [2.75, 3.05) is 16.3 Å². The SMILES string of the molecule is CCN(C1=C(c2ccc(C)c(C)c2)C(=O)N(c2cccc(F)c2)C1=O)c1ccccc1. The molecule has 2 amide bonds. The average Bonchev–Trinajstić information content (AvgIpc) is 3.02. The van der Waals surface area contributed by atoms with Crippen molar-refractivity contribution >= 4 is 28.8 Å². The molecule has 31 heavy (non-hydrogen) atoms. The van der Waals surface area contributed by atoms with Crippen molar-refractivity contribution in [1.82, 2.24) is 0 Å². The molecule has 1 heterocycles. The summed E-state index contributed by atoms with van der Waals surface area (Å²) in [5.74, 6) is -1.42. The Hall–Kier alpha value is -3.73. The zero-order chi connectivity index (χ0) is 22.1. The van der Waals surface area contributed by atoms with Crippen LogP contribution in [0.4, 0.5) is 15.8 Å². The number of rotatable bonds is 5. The molecule has 0 aliphatic carbocycles. The van der Waals surface area contributed by atoms with Crippen LogP contribution in [0, 0.1) is 19.7 Å². The molecule has 4 rings (SSSR count). The molecule has 5 heteroatoms. The molecule has 0 unspecified atom stereocenters. The van der Waals surface area contributed by atoms with Crippen LogP contribution in [0.2, 0.25) is 0 Å². The lowest BCUT2D eigenvalue weighted by Crippen LogP contribution is -2.35. The van der Waals surface area contributed by atoms with Crippen LogP contribution >= 0.6 is 0 Å². The van der Waals surface area contributed by atoms with Crippen LogP contribution in [-0.4, -0.2) is 18.4 Å². The van der Waals surface area contributed by atoms with Crippen molar-refractivity contribution in [3.05, 3.63) is 101 Å². The average molecular weight is 414 g/mol. The van der Waals surface area contributed by atoms with E-state index in [1.165, 1.54) is 18.2 Å². The number of carbonyl (C=O) groups is 2. The smallest absolute Gasteiger partial charge is 0.282 e. The van der Waals surface area contributed by atoms with Crippen molar-refractivity contribution in [3.8, 4) is 0 Å². The van der Waals surface area contributed by atoms with Gasteiger partial charge in [0, 0.05) is 12.2 Å². The van der Waals surface area contributed by atoms with Crippen LogP contribution < -0.4 is 9.80 Å². The van der Waals surface area contributed by atoms with Gasteiger partial charge in [-0.05, 0) is 67.8 Å². The van der Waals surface area contributed by atoms with E-state index in [9.17, 15) is 14.0 Å². The molecule has 1 aliphatic rings. The molecular weight excluding hydrogens is 391 g/mol. The van der Waals surface area contributed by atoms with Crippen molar-refractivity contribution in [2.24, 2.45) is 0 Å². The van der Waals surface area contributed by atoms with E-state index < -0.39 is 17.6 Å². The largest absolute Gasteiger partial charge is 0.337 e. The number of hydrogen-bond donors (Lipinski definition) is 0. The standard InChI is InChI=1S/C26H23FN2O2/c1-4-28(21-10-6-5-7-11-21)24-23(19-14-13-17(2)18(3)15-19)25(30)29(26(24)31)22-12-8-9-20(27)16-22/h5-16H,4H2,1-3H3. The number of carbonyl (C=O) groups excluding carboxylic acids is 2. The summed E-state index contributed by atoms with van der Waals surface area (Å²) in [5.41, 5.74) is 4.44. The zero-order valence-electron chi connectivity index (χ0n) is 17.7. The van der Waals surface area contributed by atoms with Crippen LogP contribution in [0.25, 0.3) is 5.57 Å². The number of imide groups is 1. The lowest BCUT2D eigenvalue weighted by Gasteiger charge is -2.25. The fraction of sp³-hybridized carbons (Fsp3) is 0.154. The molecule has 0 fully saturated rings. The molecule has 1 aliphatic heterocycles. The van der Waals surface area contributed by atoms with Crippen molar-refractivity contribution in [2.45, 2.75) is 20.8 Å². The Labute approximate surface area is 181 Å². The summed E-state index contributed by atoms with van der Waals surface area (Å²) in [6, 6.07) is 20.7. The summed E-state index contributed by atoms with van der Waals surface area (Å²) in [6.45, 7) is 6.39. The van der Waals surface area contributed by atoms with Crippen molar-refractivity contribution in [3.63, 3.8) is 0 Å². The Morgan fingerprint density at radius 2 is 1.58 bits per heavy atom. The maximum absolute atomic E-state index is 13.9. The monoisotopic (exact) mass is 414 g/mol. The Morgan fingerprint density at radius 3 is 2.23 bits per heavy atom. The molecule has 0 aromatic heterocycles. The molecule has 0 spiro atoms. The summed E-state index contributed by atoms with van der Waals surface area (Å²) in [5, 5.41) is 0. The predicted molar refractivity (Wildman–Crippen MR) is 121 cm³/mol. The first-order chi connectivity index (χ1) is 14.9. The molecule has 0 N–H and O–H groups in total. The minimum atomic E-state index is -0.505. The van der Waals surface area contributed by atoms with Gasteiger partial charge >= 0.3 is 0 Å². The van der Waals surface area contributed by atoms with Gasteiger partial charge in [-0.25, -0.2) is 9.29 Å². The first-order valence-electron chi connectivity index (χ1n) is 10.2. The highest BCUT2D eigenvalue weighted by molar-refractivity contribution is 6.46. The van der Waals surface area contributed by atoms with Crippen molar-refractivity contribution < 1.29 is 14.0 Å². The van der Waals surface area contributed by atoms with Crippen LogP contribution in [0.3, 0.4) is 0 Å². The number of aryl methyl sites for hydroxylation is 2. The number of hydrogen-bond acceptors (Lipinski definition) is 3. The Balaban J connectivity index is 1.93. The molecule has 0 radical (unpaired) electrons. The number of halogens is 1. The highest BCUT2D eigenvalue weighted by atomic mass is 19.1. The van der Waals surface area contributed by atoms with E-state index in [1.807, 2.05) is 74.2 Å². The molecular formula is C26H23FN2O2. The van der Waals surface area contributed by atoms with Gasteiger partial charge in [0.15, 0.2) is 0 Å².